The molecular formula is C19H16N2O3S2. The fourth-order valence-corrected chi connectivity index (χ4v) is 3.89. The zero-order valence-corrected chi connectivity index (χ0v) is 15.4. The van der Waals surface area contributed by atoms with E-state index in [1.807, 2.05) is 42.5 Å². The molecule has 132 valence electrons. The highest BCUT2D eigenvalue weighted by Crippen LogP contribution is 2.33. The number of aliphatic carboxylic acids is 1. The number of thioether (sulfide) groups is 1. The molecule has 26 heavy (non-hydrogen) atoms. The van der Waals surface area contributed by atoms with Gasteiger partial charge in [-0.3, -0.25) is 19.5 Å². The molecule has 2 heterocycles. The summed E-state index contributed by atoms with van der Waals surface area (Å²) in [5.41, 5.74) is 3.00. The number of aromatic nitrogens is 1. The molecule has 1 aromatic carbocycles. The fraction of sp³-hybridized carbons (Fsp3) is 0.158. The van der Waals surface area contributed by atoms with Crippen LogP contribution in [0, 0.1) is 0 Å². The molecule has 1 fully saturated rings. The van der Waals surface area contributed by atoms with Crippen LogP contribution in [0.4, 0.5) is 0 Å². The van der Waals surface area contributed by atoms with E-state index >= 15 is 0 Å². The number of rotatable bonds is 6. The second-order valence-electron chi connectivity index (χ2n) is 5.69. The molecule has 5 nitrogen and oxygen atoms in total. The molecule has 7 heteroatoms. The number of benzene rings is 1. The fourth-order valence-electron chi connectivity index (χ4n) is 2.58. The van der Waals surface area contributed by atoms with Crippen molar-refractivity contribution in [3.05, 3.63) is 59.3 Å². The second-order valence-corrected chi connectivity index (χ2v) is 7.37. The van der Waals surface area contributed by atoms with Crippen molar-refractivity contribution < 1.29 is 14.7 Å². The maximum Gasteiger partial charge on any atom is 0.303 e. The van der Waals surface area contributed by atoms with Gasteiger partial charge in [0.05, 0.1) is 4.91 Å². The van der Waals surface area contributed by atoms with Gasteiger partial charge in [-0.25, -0.2) is 0 Å². The Morgan fingerprint density at radius 1 is 1.23 bits per heavy atom. The molecule has 0 radical (unpaired) electrons. The van der Waals surface area contributed by atoms with Gasteiger partial charge in [0, 0.05) is 25.4 Å². The number of carbonyl (C=O) groups is 2. The summed E-state index contributed by atoms with van der Waals surface area (Å²) in [6.07, 6.45) is 5.70. The Labute approximate surface area is 160 Å². The van der Waals surface area contributed by atoms with Crippen molar-refractivity contribution in [2.45, 2.75) is 12.8 Å². The Bertz CT molecular complexity index is 881. The van der Waals surface area contributed by atoms with E-state index in [4.69, 9.17) is 17.3 Å². The summed E-state index contributed by atoms with van der Waals surface area (Å²) in [6.45, 7) is 0.325. The van der Waals surface area contributed by atoms with Crippen molar-refractivity contribution in [1.29, 1.82) is 0 Å². The van der Waals surface area contributed by atoms with E-state index in [-0.39, 0.29) is 12.3 Å². The maximum absolute atomic E-state index is 12.5. The van der Waals surface area contributed by atoms with Crippen molar-refractivity contribution >= 4 is 46.3 Å². The lowest BCUT2D eigenvalue weighted by Gasteiger charge is -2.13. The minimum absolute atomic E-state index is 0.0179. The molecule has 0 aliphatic carbocycles. The SMILES string of the molecule is O=C(O)CCCN1C(=O)/C(=C/c2cccc(-c3ccncc3)c2)SC1=S. The molecule has 1 saturated heterocycles. The van der Waals surface area contributed by atoms with E-state index in [0.29, 0.717) is 22.2 Å². The normalized spacial score (nSPS) is 15.7. The van der Waals surface area contributed by atoms with Crippen LogP contribution in [0.25, 0.3) is 17.2 Å². The van der Waals surface area contributed by atoms with Crippen molar-refractivity contribution in [3.63, 3.8) is 0 Å². The molecule has 1 aliphatic rings. The summed E-state index contributed by atoms with van der Waals surface area (Å²) in [5.74, 6) is -1.04. The quantitative estimate of drug-likeness (QED) is 0.603. The van der Waals surface area contributed by atoms with Crippen molar-refractivity contribution in [2.24, 2.45) is 0 Å². The topological polar surface area (TPSA) is 70.5 Å². The molecular weight excluding hydrogens is 368 g/mol. The Kier molecular flexibility index (Phi) is 5.80. The Balaban J connectivity index is 1.77. The van der Waals surface area contributed by atoms with Crippen LogP contribution in [0.2, 0.25) is 0 Å². The zero-order valence-electron chi connectivity index (χ0n) is 13.8. The number of amides is 1. The van der Waals surface area contributed by atoms with Gasteiger partial charge < -0.3 is 5.11 Å². The number of hydrogen-bond donors (Lipinski definition) is 1. The van der Waals surface area contributed by atoms with Crippen LogP contribution >= 0.6 is 24.0 Å². The van der Waals surface area contributed by atoms with Gasteiger partial charge in [-0.15, -0.1) is 0 Å². The highest BCUT2D eigenvalue weighted by Gasteiger charge is 2.31. The van der Waals surface area contributed by atoms with Crippen LogP contribution in [-0.4, -0.2) is 37.7 Å². The number of carboxylic acid groups (broad SMARTS) is 1. The summed E-state index contributed by atoms with van der Waals surface area (Å²) < 4.78 is 0.469. The number of carbonyl (C=O) groups excluding carboxylic acids is 1. The lowest BCUT2D eigenvalue weighted by Crippen LogP contribution is -2.29. The standard InChI is InChI=1S/C19H16N2O3S2/c22-17(23)5-2-10-21-18(24)16(26-19(21)25)12-13-3-1-4-15(11-13)14-6-8-20-9-7-14/h1,3-4,6-9,11-12H,2,5,10H2,(H,22,23)/b16-12-. The largest absolute Gasteiger partial charge is 0.481 e. The molecule has 0 saturated carbocycles. The molecule has 2 aromatic rings. The van der Waals surface area contributed by atoms with Gasteiger partial charge in [-0.05, 0) is 47.4 Å². The molecule has 0 atom stereocenters. The molecule has 1 amide bonds. The predicted molar refractivity (Wildman–Crippen MR) is 106 cm³/mol. The summed E-state index contributed by atoms with van der Waals surface area (Å²) in [5, 5.41) is 8.73. The monoisotopic (exact) mass is 384 g/mol. The van der Waals surface area contributed by atoms with Crippen LogP contribution in [0.5, 0.6) is 0 Å². The predicted octanol–water partition coefficient (Wildman–Crippen LogP) is 3.81. The van der Waals surface area contributed by atoms with Gasteiger partial charge in [0.15, 0.2) is 0 Å². The van der Waals surface area contributed by atoms with Gasteiger partial charge in [-0.1, -0.05) is 42.2 Å². The molecule has 3 rings (SSSR count). The van der Waals surface area contributed by atoms with E-state index < -0.39 is 5.97 Å². The van der Waals surface area contributed by atoms with Crippen LogP contribution in [0.3, 0.4) is 0 Å². The average Bonchev–Trinajstić information content (AvgIpc) is 2.90. The van der Waals surface area contributed by atoms with Gasteiger partial charge in [-0.2, -0.15) is 0 Å². The number of hydrogen-bond acceptors (Lipinski definition) is 5. The lowest BCUT2D eigenvalue weighted by atomic mass is 10.0. The highest BCUT2D eigenvalue weighted by atomic mass is 32.2. The van der Waals surface area contributed by atoms with E-state index in [1.165, 1.54) is 16.7 Å². The summed E-state index contributed by atoms with van der Waals surface area (Å²) in [7, 11) is 0. The first kappa shape index (κ1) is 18.3. The third-order valence-corrected chi connectivity index (χ3v) is 5.22. The van der Waals surface area contributed by atoms with Crippen LogP contribution in [0.1, 0.15) is 18.4 Å². The molecule has 0 unspecified atom stereocenters. The van der Waals surface area contributed by atoms with Crippen LogP contribution in [-0.2, 0) is 9.59 Å². The minimum Gasteiger partial charge on any atom is -0.481 e. The molecule has 1 aliphatic heterocycles. The number of pyridine rings is 1. The first-order valence-electron chi connectivity index (χ1n) is 8.02. The Hall–Kier alpha value is -2.51. The van der Waals surface area contributed by atoms with Crippen molar-refractivity contribution in [2.75, 3.05) is 6.54 Å². The van der Waals surface area contributed by atoms with E-state index in [1.54, 1.807) is 12.4 Å². The summed E-state index contributed by atoms with van der Waals surface area (Å²) in [4.78, 5) is 29.2. The number of thiocarbonyl (C=S) groups is 1. The molecule has 1 N–H and O–H groups in total. The Morgan fingerprint density at radius 3 is 2.73 bits per heavy atom. The van der Waals surface area contributed by atoms with Gasteiger partial charge in [0.1, 0.15) is 4.32 Å². The van der Waals surface area contributed by atoms with E-state index in [2.05, 4.69) is 4.98 Å². The van der Waals surface area contributed by atoms with Gasteiger partial charge in [0.25, 0.3) is 5.91 Å². The number of nitrogens with zero attached hydrogens (tertiary/aromatic N) is 2. The average molecular weight is 384 g/mol. The van der Waals surface area contributed by atoms with Crippen molar-refractivity contribution in [1.82, 2.24) is 9.88 Å². The van der Waals surface area contributed by atoms with E-state index in [9.17, 15) is 9.59 Å². The van der Waals surface area contributed by atoms with Gasteiger partial charge >= 0.3 is 5.97 Å². The van der Waals surface area contributed by atoms with Crippen LogP contribution < -0.4 is 0 Å². The van der Waals surface area contributed by atoms with E-state index in [0.717, 1.165) is 16.7 Å². The number of carboxylic acids is 1. The Morgan fingerprint density at radius 2 is 2.00 bits per heavy atom. The summed E-state index contributed by atoms with van der Waals surface area (Å²) in [6, 6.07) is 11.7. The summed E-state index contributed by atoms with van der Waals surface area (Å²) >= 11 is 6.51. The highest BCUT2D eigenvalue weighted by molar-refractivity contribution is 8.26. The first-order chi connectivity index (χ1) is 12.5. The second kappa shape index (κ2) is 8.25. The minimum atomic E-state index is -0.876. The van der Waals surface area contributed by atoms with Crippen molar-refractivity contribution in [3.8, 4) is 11.1 Å². The third kappa shape index (κ3) is 4.36. The third-order valence-electron chi connectivity index (χ3n) is 3.84. The zero-order chi connectivity index (χ0) is 18.5. The molecule has 0 bridgehead atoms. The molecule has 0 spiro atoms. The molecule has 1 aromatic heterocycles. The van der Waals surface area contributed by atoms with Gasteiger partial charge in [0.2, 0.25) is 0 Å². The smallest absolute Gasteiger partial charge is 0.303 e. The maximum atomic E-state index is 12.5. The first-order valence-corrected chi connectivity index (χ1v) is 9.25. The lowest BCUT2D eigenvalue weighted by molar-refractivity contribution is -0.137. The van der Waals surface area contributed by atoms with Crippen LogP contribution in [0.15, 0.2) is 53.7 Å².